The van der Waals surface area contributed by atoms with Gasteiger partial charge in [0.15, 0.2) is 0 Å². The van der Waals surface area contributed by atoms with Crippen LogP contribution in [0, 0.1) is 23.7 Å². The highest BCUT2D eigenvalue weighted by atomic mass is 16.5. The van der Waals surface area contributed by atoms with E-state index in [1.807, 2.05) is 19.2 Å². The van der Waals surface area contributed by atoms with Gasteiger partial charge in [-0.15, -0.1) is 0 Å². The number of hydrogen-bond acceptors (Lipinski definition) is 5. The highest BCUT2D eigenvalue weighted by molar-refractivity contribution is 5.76. The molecule has 0 radical (unpaired) electrons. The van der Waals surface area contributed by atoms with Gasteiger partial charge in [0.05, 0.1) is 25.6 Å². The van der Waals surface area contributed by atoms with Crippen molar-refractivity contribution in [3.8, 4) is 57.7 Å². The Morgan fingerprint density at radius 1 is 0.604 bits per heavy atom. The maximum absolute atomic E-state index is 5.91. The summed E-state index contributed by atoms with van der Waals surface area (Å²) in [6.45, 7) is 5.38. The minimum Gasteiger partial charge on any atom is -0.496 e. The van der Waals surface area contributed by atoms with Crippen LogP contribution in [0.1, 0.15) is 152 Å². The van der Waals surface area contributed by atoms with Crippen LogP contribution in [0.2, 0.25) is 0 Å². The second-order valence-corrected chi connectivity index (χ2v) is 14.7. The fourth-order valence-electron chi connectivity index (χ4n) is 6.75. The van der Waals surface area contributed by atoms with Gasteiger partial charge in [-0.2, -0.15) is 0 Å². The Balaban J connectivity index is 1.89. The van der Waals surface area contributed by atoms with Crippen LogP contribution in [0.3, 0.4) is 0 Å². The average molecular weight is 720 g/mol. The third-order valence-electron chi connectivity index (χ3n) is 9.87. The van der Waals surface area contributed by atoms with E-state index >= 15 is 0 Å². The molecule has 0 aliphatic heterocycles. The van der Waals surface area contributed by atoms with Gasteiger partial charge in [-0.3, -0.25) is 0 Å². The molecule has 1 aromatic heterocycles. The first-order valence-corrected chi connectivity index (χ1v) is 20.6. The standard InChI is InChI=1S/C48H69N3O2/c1-8-10-12-14-16-18-20-22-24-26-28-39-30-32-47(52-6)42(34-39)44-36-41(46(49-3)38-51(4)5)37-45(50-44)43-35-40(31-33-48(43)53-7)29-27-25-23-21-19-17-15-13-11-9-2/h30-37,46,49H,8-25,38H2,1-7H3. The van der Waals surface area contributed by atoms with Crippen LogP contribution in [0.15, 0.2) is 48.5 Å². The first-order chi connectivity index (χ1) is 25.9. The van der Waals surface area contributed by atoms with Crippen molar-refractivity contribution >= 4 is 0 Å². The number of methoxy groups -OCH3 is 2. The Kier molecular flexibility index (Phi) is 21.5. The summed E-state index contributed by atoms with van der Waals surface area (Å²) in [7, 11) is 9.66. The zero-order valence-electron chi connectivity index (χ0n) is 34.3. The third-order valence-corrected chi connectivity index (χ3v) is 9.87. The molecule has 0 amide bonds. The lowest BCUT2D eigenvalue weighted by Gasteiger charge is -2.23. The molecule has 0 fully saturated rings. The largest absolute Gasteiger partial charge is 0.496 e. The molecule has 1 unspecified atom stereocenters. The van der Waals surface area contributed by atoms with E-state index in [9.17, 15) is 0 Å². The van der Waals surface area contributed by atoms with Gasteiger partial charge in [-0.05, 0) is 88.1 Å². The van der Waals surface area contributed by atoms with Crippen molar-refractivity contribution in [3.63, 3.8) is 0 Å². The Morgan fingerprint density at radius 2 is 1.02 bits per heavy atom. The molecule has 2 aromatic carbocycles. The van der Waals surface area contributed by atoms with Crippen LogP contribution in [0.4, 0.5) is 0 Å². The van der Waals surface area contributed by atoms with Crippen molar-refractivity contribution in [2.75, 3.05) is 41.9 Å². The second-order valence-electron chi connectivity index (χ2n) is 14.7. The molecule has 3 aromatic rings. The van der Waals surface area contributed by atoms with E-state index < -0.39 is 0 Å². The van der Waals surface area contributed by atoms with E-state index in [1.54, 1.807) is 14.2 Å². The molecule has 5 nitrogen and oxygen atoms in total. The van der Waals surface area contributed by atoms with Crippen molar-refractivity contribution in [1.82, 2.24) is 15.2 Å². The fourth-order valence-corrected chi connectivity index (χ4v) is 6.75. The van der Waals surface area contributed by atoms with Crippen LogP contribution in [-0.2, 0) is 0 Å². The summed E-state index contributed by atoms with van der Waals surface area (Å²) >= 11 is 0. The Hall–Kier alpha value is -3.77. The molecule has 0 aliphatic carbocycles. The molecule has 5 heteroatoms. The first kappa shape index (κ1) is 43.6. The van der Waals surface area contributed by atoms with Crippen molar-refractivity contribution in [2.24, 2.45) is 0 Å². The van der Waals surface area contributed by atoms with Gasteiger partial charge in [-0.25, -0.2) is 4.98 Å². The van der Waals surface area contributed by atoms with Gasteiger partial charge >= 0.3 is 0 Å². The summed E-state index contributed by atoms with van der Waals surface area (Å²) in [5, 5.41) is 3.53. The Labute approximate surface area is 324 Å². The predicted octanol–water partition coefficient (Wildman–Crippen LogP) is 12.0. The third kappa shape index (κ3) is 16.0. The summed E-state index contributed by atoms with van der Waals surface area (Å²) in [5.41, 5.74) is 6.62. The monoisotopic (exact) mass is 720 g/mol. The molecule has 1 atom stereocenters. The minimum absolute atomic E-state index is 0.0896. The van der Waals surface area contributed by atoms with E-state index in [2.05, 4.69) is 98.2 Å². The van der Waals surface area contributed by atoms with E-state index in [0.717, 1.165) is 82.9 Å². The summed E-state index contributed by atoms with van der Waals surface area (Å²) in [4.78, 5) is 7.49. The van der Waals surface area contributed by atoms with E-state index in [4.69, 9.17) is 14.5 Å². The molecule has 288 valence electrons. The van der Waals surface area contributed by atoms with Crippen LogP contribution in [-0.4, -0.2) is 51.8 Å². The summed E-state index contributed by atoms with van der Waals surface area (Å²) in [5.74, 6) is 15.3. The molecule has 0 saturated carbocycles. The van der Waals surface area contributed by atoms with Crippen LogP contribution >= 0.6 is 0 Å². The number of unbranched alkanes of at least 4 members (excludes halogenated alkanes) is 16. The number of hydrogen-bond donors (Lipinski definition) is 1. The van der Waals surface area contributed by atoms with Gasteiger partial charge in [0.1, 0.15) is 11.5 Å². The molecule has 0 bridgehead atoms. The van der Waals surface area contributed by atoms with Gasteiger partial charge < -0.3 is 19.7 Å². The molecular formula is C48H69N3O2. The number of nitrogens with one attached hydrogen (secondary N) is 1. The molecule has 0 saturated heterocycles. The summed E-state index contributed by atoms with van der Waals surface area (Å²) < 4.78 is 11.8. The van der Waals surface area contributed by atoms with Gasteiger partial charge in [0.25, 0.3) is 0 Å². The van der Waals surface area contributed by atoms with E-state index in [-0.39, 0.29) is 6.04 Å². The molecule has 0 spiro atoms. The van der Waals surface area contributed by atoms with Crippen LogP contribution in [0.25, 0.3) is 22.5 Å². The predicted molar refractivity (Wildman–Crippen MR) is 227 cm³/mol. The SMILES string of the molecule is CCCCCCCCCCC#Cc1ccc(OC)c(-c2cc(C(CN(C)C)NC)cc(-c3cc(C#CCCCCCCCCCC)ccc3OC)n2)c1. The highest BCUT2D eigenvalue weighted by Crippen LogP contribution is 2.36. The highest BCUT2D eigenvalue weighted by Gasteiger charge is 2.19. The topological polar surface area (TPSA) is 46.6 Å². The number of nitrogens with zero attached hydrogens (tertiary/aromatic N) is 2. The molecule has 0 aliphatic rings. The van der Waals surface area contributed by atoms with Crippen molar-refractivity contribution in [3.05, 3.63) is 65.2 Å². The molecule has 1 heterocycles. The Morgan fingerprint density at radius 3 is 1.40 bits per heavy atom. The number of likely N-dealkylation sites (N-methyl/N-ethyl adjacent to an activating group) is 2. The normalized spacial score (nSPS) is 11.5. The first-order valence-electron chi connectivity index (χ1n) is 20.6. The van der Waals surface area contributed by atoms with Crippen molar-refractivity contribution < 1.29 is 9.47 Å². The van der Waals surface area contributed by atoms with Crippen molar-refractivity contribution in [1.29, 1.82) is 0 Å². The summed E-state index contributed by atoms with van der Waals surface area (Å²) in [6, 6.07) is 16.8. The fraction of sp³-hybridized carbons (Fsp3) is 0.562. The summed E-state index contributed by atoms with van der Waals surface area (Å²) in [6.07, 6.45) is 22.7. The maximum Gasteiger partial charge on any atom is 0.128 e. The number of aromatic nitrogens is 1. The molecule has 1 N–H and O–H groups in total. The lowest BCUT2D eigenvalue weighted by atomic mass is 9.97. The molecule has 3 rings (SSSR count). The van der Waals surface area contributed by atoms with Gasteiger partial charge in [0.2, 0.25) is 0 Å². The Bertz CT molecular complexity index is 1500. The lowest BCUT2D eigenvalue weighted by molar-refractivity contribution is 0.352. The van der Waals surface area contributed by atoms with Crippen LogP contribution < -0.4 is 14.8 Å². The van der Waals surface area contributed by atoms with E-state index in [1.165, 1.54) is 89.9 Å². The molecule has 53 heavy (non-hydrogen) atoms. The zero-order chi connectivity index (χ0) is 38.1. The van der Waals surface area contributed by atoms with Gasteiger partial charge in [0, 0.05) is 47.7 Å². The number of benzene rings is 2. The minimum atomic E-state index is 0.0896. The van der Waals surface area contributed by atoms with Crippen LogP contribution in [0.5, 0.6) is 11.5 Å². The van der Waals surface area contributed by atoms with Gasteiger partial charge in [-0.1, -0.05) is 127 Å². The quantitative estimate of drug-likeness (QED) is 0.0738. The smallest absolute Gasteiger partial charge is 0.128 e. The van der Waals surface area contributed by atoms with Crippen molar-refractivity contribution in [2.45, 2.75) is 135 Å². The zero-order valence-corrected chi connectivity index (χ0v) is 34.3. The van der Waals surface area contributed by atoms with E-state index in [0.29, 0.717) is 0 Å². The maximum atomic E-state index is 5.91. The second kappa shape index (κ2) is 26.1. The lowest BCUT2D eigenvalue weighted by Crippen LogP contribution is -2.29. The number of ether oxygens (including phenoxy) is 2. The number of pyridine rings is 1. The number of rotatable bonds is 24. The average Bonchev–Trinajstić information content (AvgIpc) is 3.18. The molecular weight excluding hydrogens is 651 g/mol.